The Hall–Kier alpha value is -0.740. The zero-order valence-electron chi connectivity index (χ0n) is 20.0. The number of nitrogens with zero attached hydrogens (tertiary/aromatic N) is 2. The highest BCUT2D eigenvalue weighted by molar-refractivity contribution is 9.10. The molecule has 0 radical (unpaired) electrons. The van der Waals surface area contributed by atoms with Gasteiger partial charge in [0, 0.05) is 48.2 Å². The molecule has 0 spiro atoms. The van der Waals surface area contributed by atoms with E-state index in [2.05, 4.69) is 26.1 Å². The first-order valence-electron chi connectivity index (χ1n) is 11.6. The molecule has 2 aromatic rings. The lowest BCUT2D eigenvalue weighted by molar-refractivity contribution is -0.137. The van der Waals surface area contributed by atoms with E-state index < -0.39 is 17.6 Å². The Balaban J connectivity index is 0.00000241. The molecule has 0 aliphatic carbocycles. The summed E-state index contributed by atoms with van der Waals surface area (Å²) in [5.74, 6) is -0.501. The van der Waals surface area contributed by atoms with Crippen molar-refractivity contribution >= 4 is 69.9 Å². The second-order valence-corrected chi connectivity index (χ2v) is 11.0. The number of rotatable bonds is 4. The minimum Gasteiger partial charge on any atom is -0.338 e. The molecule has 2 aromatic carbocycles. The van der Waals surface area contributed by atoms with Gasteiger partial charge >= 0.3 is 6.18 Å². The Bertz CT molecular complexity index is 1090. The third kappa shape index (κ3) is 7.68. The SMILES string of the molecule is CN(C(=O)c1cc(Br)cc(C(F)(F)F)c1)C1CCN(C2CCNCC2)CC1c1ccc(Cl)c(Cl)c1.Cl.Cl. The zero-order chi connectivity index (χ0) is 25.3. The number of benzene rings is 2. The standard InChI is InChI=1S/C25H27BrCl2F3N3O.2ClH/c1-33(24(35)16-10-17(25(29,30)31)13-18(26)11-16)23-6-9-34(19-4-7-32-8-5-19)14-20(23)15-2-3-21(27)22(28)12-15;;/h2-3,10-13,19-20,23,32H,4-9,14H2,1H3;2*1H. The molecular formula is C25H29BrCl4F3N3O. The van der Waals surface area contributed by atoms with Crippen molar-refractivity contribution in [3.05, 3.63) is 67.6 Å². The summed E-state index contributed by atoms with van der Waals surface area (Å²) in [7, 11) is 1.67. The summed E-state index contributed by atoms with van der Waals surface area (Å²) in [5.41, 5.74) is 0.112. The molecule has 2 unspecified atom stereocenters. The minimum atomic E-state index is -4.54. The smallest absolute Gasteiger partial charge is 0.338 e. The second kappa shape index (κ2) is 13.6. The quantitative estimate of drug-likeness (QED) is 0.373. The number of amides is 1. The van der Waals surface area contributed by atoms with Crippen LogP contribution < -0.4 is 5.32 Å². The van der Waals surface area contributed by atoms with Gasteiger partial charge in [0.2, 0.25) is 0 Å². The van der Waals surface area contributed by atoms with Gasteiger partial charge in [-0.3, -0.25) is 9.69 Å². The van der Waals surface area contributed by atoms with Gasteiger partial charge in [-0.05, 0) is 68.2 Å². The van der Waals surface area contributed by atoms with E-state index in [9.17, 15) is 18.0 Å². The molecule has 2 heterocycles. The fourth-order valence-electron chi connectivity index (χ4n) is 5.23. The molecule has 12 heteroatoms. The van der Waals surface area contributed by atoms with Gasteiger partial charge in [-0.25, -0.2) is 0 Å². The second-order valence-electron chi connectivity index (χ2n) is 9.25. The average Bonchev–Trinajstić information content (AvgIpc) is 2.84. The van der Waals surface area contributed by atoms with E-state index in [1.165, 1.54) is 6.07 Å². The van der Waals surface area contributed by atoms with Crippen LogP contribution in [0.15, 0.2) is 40.9 Å². The van der Waals surface area contributed by atoms with E-state index in [0.717, 1.165) is 56.7 Å². The fraction of sp³-hybridized carbons (Fsp3) is 0.480. The number of likely N-dealkylation sites (tertiary alicyclic amines) is 1. The first-order valence-corrected chi connectivity index (χ1v) is 13.1. The van der Waals surface area contributed by atoms with E-state index in [1.54, 1.807) is 18.0 Å². The van der Waals surface area contributed by atoms with E-state index in [1.807, 2.05) is 12.1 Å². The number of carbonyl (C=O) groups excluding carboxylic acids is 1. The topological polar surface area (TPSA) is 35.6 Å². The summed E-state index contributed by atoms with van der Waals surface area (Å²) >= 11 is 15.6. The average molecular weight is 666 g/mol. The Morgan fingerprint density at radius 3 is 2.35 bits per heavy atom. The van der Waals surface area contributed by atoms with Crippen molar-refractivity contribution in [1.82, 2.24) is 15.1 Å². The van der Waals surface area contributed by atoms with Gasteiger partial charge < -0.3 is 10.2 Å². The Morgan fingerprint density at radius 1 is 1.05 bits per heavy atom. The number of hydrogen-bond acceptors (Lipinski definition) is 3. The molecule has 37 heavy (non-hydrogen) atoms. The lowest BCUT2D eigenvalue weighted by Gasteiger charge is -2.46. The van der Waals surface area contributed by atoms with Gasteiger partial charge in [0.25, 0.3) is 5.91 Å². The van der Waals surface area contributed by atoms with Crippen LogP contribution in [-0.4, -0.2) is 61.0 Å². The molecule has 4 nitrogen and oxygen atoms in total. The molecule has 206 valence electrons. The normalized spacial score (nSPS) is 21.1. The van der Waals surface area contributed by atoms with Crippen molar-refractivity contribution in [2.75, 3.05) is 33.2 Å². The molecule has 0 bridgehead atoms. The third-order valence-corrected chi connectivity index (χ3v) is 8.29. The molecule has 2 atom stereocenters. The van der Waals surface area contributed by atoms with Crippen LogP contribution in [-0.2, 0) is 6.18 Å². The van der Waals surface area contributed by atoms with E-state index in [0.29, 0.717) is 22.5 Å². The van der Waals surface area contributed by atoms with Crippen LogP contribution in [0.1, 0.15) is 46.7 Å². The Kier molecular flexibility index (Phi) is 11.9. The Labute approximate surface area is 246 Å². The van der Waals surface area contributed by atoms with Crippen molar-refractivity contribution in [3.63, 3.8) is 0 Å². The molecule has 2 saturated heterocycles. The van der Waals surface area contributed by atoms with Gasteiger partial charge in [-0.1, -0.05) is 45.2 Å². The molecule has 4 rings (SSSR count). The van der Waals surface area contributed by atoms with E-state index in [-0.39, 0.29) is 46.8 Å². The lowest BCUT2D eigenvalue weighted by Crippen LogP contribution is -2.54. The van der Waals surface area contributed by atoms with Crippen LogP contribution in [0.3, 0.4) is 0 Å². The predicted octanol–water partition coefficient (Wildman–Crippen LogP) is 7.30. The van der Waals surface area contributed by atoms with Gasteiger partial charge in [0.05, 0.1) is 15.6 Å². The van der Waals surface area contributed by atoms with Crippen LogP contribution >= 0.6 is 63.9 Å². The summed E-state index contributed by atoms with van der Waals surface area (Å²) in [4.78, 5) is 17.5. The predicted molar refractivity (Wildman–Crippen MR) is 151 cm³/mol. The van der Waals surface area contributed by atoms with Crippen LogP contribution in [0.5, 0.6) is 0 Å². The van der Waals surface area contributed by atoms with Crippen molar-refractivity contribution < 1.29 is 18.0 Å². The number of piperidine rings is 2. The molecular weight excluding hydrogens is 637 g/mol. The maximum atomic E-state index is 13.4. The summed E-state index contributed by atoms with van der Waals surface area (Å²) in [6, 6.07) is 9.12. The van der Waals surface area contributed by atoms with Gasteiger partial charge in [0.15, 0.2) is 0 Å². The summed E-state index contributed by atoms with van der Waals surface area (Å²) < 4.78 is 40.3. The van der Waals surface area contributed by atoms with Crippen LogP contribution in [0.4, 0.5) is 13.2 Å². The first kappa shape index (κ1) is 32.5. The lowest BCUT2D eigenvalue weighted by atomic mass is 9.83. The van der Waals surface area contributed by atoms with Gasteiger partial charge in [0.1, 0.15) is 0 Å². The molecule has 2 fully saturated rings. The Morgan fingerprint density at radius 2 is 1.73 bits per heavy atom. The summed E-state index contributed by atoms with van der Waals surface area (Å²) in [5, 5.41) is 4.29. The summed E-state index contributed by atoms with van der Waals surface area (Å²) in [6.45, 7) is 3.50. The van der Waals surface area contributed by atoms with E-state index in [4.69, 9.17) is 23.2 Å². The van der Waals surface area contributed by atoms with Crippen molar-refractivity contribution in [2.45, 2.75) is 43.4 Å². The summed E-state index contributed by atoms with van der Waals surface area (Å²) in [6.07, 6.45) is -1.71. The number of likely N-dealkylation sites (N-methyl/N-ethyl adjacent to an activating group) is 1. The highest BCUT2D eigenvalue weighted by Crippen LogP contribution is 2.37. The maximum Gasteiger partial charge on any atom is 0.416 e. The minimum absolute atomic E-state index is 0. The highest BCUT2D eigenvalue weighted by Gasteiger charge is 2.38. The highest BCUT2D eigenvalue weighted by atomic mass is 79.9. The van der Waals surface area contributed by atoms with Crippen LogP contribution in [0.2, 0.25) is 10.0 Å². The first-order chi connectivity index (χ1) is 16.5. The maximum absolute atomic E-state index is 13.4. The molecule has 1 amide bonds. The van der Waals surface area contributed by atoms with Crippen molar-refractivity contribution in [3.8, 4) is 0 Å². The fourth-order valence-corrected chi connectivity index (χ4v) is 6.03. The number of alkyl halides is 3. The molecule has 2 aliphatic rings. The molecule has 0 aromatic heterocycles. The molecule has 0 saturated carbocycles. The number of halogens is 8. The van der Waals surface area contributed by atoms with Crippen molar-refractivity contribution in [1.29, 1.82) is 0 Å². The molecule has 1 N–H and O–H groups in total. The monoisotopic (exact) mass is 663 g/mol. The van der Waals surface area contributed by atoms with Crippen LogP contribution in [0, 0.1) is 0 Å². The number of hydrogen-bond donors (Lipinski definition) is 1. The van der Waals surface area contributed by atoms with Gasteiger partial charge in [-0.2, -0.15) is 13.2 Å². The van der Waals surface area contributed by atoms with Crippen molar-refractivity contribution in [2.24, 2.45) is 0 Å². The van der Waals surface area contributed by atoms with Gasteiger partial charge in [-0.15, -0.1) is 24.8 Å². The zero-order valence-corrected chi connectivity index (χ0v) is 24.8. The van der Waals surface area contributed by atoms with Crippen LogP contribution in [0.25, 0.3) is 0 Å². The largest absolute Gasteiger partial charge is 0.416 e. The number of carbonyl (C=O) groups is 1. The number of nitrogens with one attached hydrogen (secondary N) is 1. The molecule has 2 aliphatic heterocycles. The van der Waals surface area contributed by atoms with E-state index >= 15 is 0 Å². The third-order valence-electron chi connectivity index (χ3n) is 7.09.